The van der Waals surface area contributed by atoms with Crippen molar-refractivity contribution in [3.63, 3.8) is 0 Å². The van der Waals surface area contributed by atoms with E-state index >= 15 is 0 Å². The van der Waals surface area contributed by atoms with Crippen LogP contribution in [0.3, 0.4) is 0 Å². The van der Waals surface area contributed by atoms with Gasteiger partial charge in [0, 0.05) is 0 Å². The number of benzene rings is 2. The molecule has 0 aromatic heterocycles. The minimum atomic E-state index is -0.657. The number of hydrogen-bond donors (Lipinski definition) is 0. The highest BCUT2D eigenvalue weighted by Gasteiger charge is 2.67. The Balaban J connectivity index is 1.29. The first-order chi connectivity index (χ1) is 15.1. The summed E-state index contributed by atoms with van der Waals surface area (Å²) in [4.78, 5) is 51.7. The van der Waals surface area contributed by atoms with Crippen molar-refractivity contribution < 1.29 is 23.9 Å². The number of hydrogen-bond acceptors (Lipinski definition) is 5. The van der Waals surface area contributed by atoms with Gasteiger partial charge in [0.2, 0.25) is 11.8 Å². The molecule has 0 radical (unpaired) electrons. The fraction of sp³-hybridized carbons (Fsp3) is 0.280. The van der Waals surface area contributed by atoms with Crippen LogP contribution in [0.1, 0.15) is 27.1 Å². The van der Waals surface area contributed by atoms with Crippen LogP contribution in [0.5, 0.6) is 5.75 Å². The van der Waals surface area contributed by atoms with Crippen LogP contribution in [0.2, 0.25) is 0 Å². The number of rotatable bonds is 4. The summed E-state index contributed by atoms with van der Waals surface area (Å²) < 4.78 is 5.38. The second-order valence-corrected chi connectivity index (χ2v) is 8.76. The lowest BCUT2D eigenvalue weighted by molar-refractivity contribution is -0.124. The molecular weight excluding hydrogens is 394 g/mol. The quantitative estimate of drug-likeness (QED) is 0.253. The Morgan fingerprint density at radius 3 is 2.29 bits per heavy atom. The Kier molecular flexibility index (Phi) is 3.81. The highest BCUT2D eigenvalue weighted by molar-refractivity contribution is 6.23. The number of allylic oxidation sites excluding steroid dienone is 2. The molecule has 1 saturated heterocycles. The van der Waals surface area contributed by atoms with Crippen LogP contribution in [0.15, 0.2) is 60.7 Å². The van der Waals surface area contributed by atoms with Gasteiger partial charge in [-0.2, -0.15) is 0 Å². The highest BCUT2D eigenvalue weighted by atomic mass is 16.5. The second-order valence-electron chi connectivity index (χ2n) is 8.76. The number of aldehydes is 1. The number of carbonyl (C=O) groups excluding carboxylic acids is 4. The predicted octanol–water partition coefficient (Wildman–Crippen LogP) is 3.28. The minimum Gasteiger partial charge on any atom is -0.422 e. The van der Waals surface area contributed by atoms with Crippen molar-refractivity contribution in [2.24, 2.45) is 35.5 Å². The number of amides is 2. The van der Waals surface area contributed by atoms with Crippen LogP contribution >= 0.6 is 0 Å². The van der Waals surface area contributed by atoms with Gasteiger partial charge < -0.3 is 4.74 Å². The van der Waals surface area contributed by atoms with Crippen molar-refractivity contribution >= 4 is 29.8 Å². The van der Waals surface area contributed by atoms with Gasteiger partial charge in [-0.15, -0.1) is 0 Å². The Labute approximate surface area is 178 Å². The second kappa shape index (κ2) is 6.48. The molecule has 7 rings (SSSR count). The largest absolute Gasteiger partial charge is 0.422 e. The van der Waals surface area contributed by atoms with Crippen molar-refractivity contribution in [2.75, 3.05) is 4.90 Å². The third kappa shape index (κ3) is 2.57. The fourth-order valence-corrected chi connectivity index (χ4v) is 5.81. The van der Waals surface area contributed by atoms with E-state index in [2.05, 4.69) is 12.2 Å². The number of ether oxygens (including phenoxy) is 1. The van der Waals surface area contributed by atoms with Gasteiger partial charge in [-0.3, -0.25) is 14.4 Å². The van der Waals surface area contributed by atoms with Crippen LogP contribution in [0.4, 0.5) is 5.69 Å². The predicted molar refractivity (Wildman–Crippen MR) is 110 cm³/mol. The van der Waals surface area contributed by atoms with E-state index in [0.717, 1.165) is 6.42 Å². The van der Waals surface area contributed by atoms with Crippen molar-refractivity contribution in [1.82, 2.24) is 0 Å². The van der Waals surface area contributed by atoms with Gasteiger partial charge in [0.15, 0.2) is 6.29 Å². The summed E-state index contributed by atoms with van der Waals surface area (Å²) in [5.41, 5.74) is 0.857. The molecule has 1 aliphatic heterocycles. The molecule has 0 N–H and O–H groups in total. The number of esters is 1. The SMILES string of the molecule is O=Cc1ccccc1OC(=O)c1cccc(N2C(=O)[C@@H]3[C@H]4C=C[C@@H]([C@@H]5C[C@H]45)[C@H]3C2=O)c1. The van der Waals surface area contributed by atoms with E-state index in [-0.39, 0.29) is 52.4 Å². The number of nitrogens with zero attached hydrogens (tertiary/aromatic N) is 1. The Morgan fingerprint density at radius 2 is 1.61 bits per heavy atom. The van der Waals surface area contributed by atoms with Gasteiger partial charge in [0.25, 0.3) is 0 Å². The van der Waals surface area contributed by atoms with Gasteiger partial charge >= 0.3 is 5.97 Å². The smallest absolute Gasteiger partial charge is 0.343 e. The molecule has 2 aromatic carbocycles. The molecule has 31 heavy (non-hydrogen) atoms. The molecule has 2 bridgehead atoms. The van der Waals surface area contributed by atoms with Gasteiger partial charge in [-0.1, -0.05) is 30.4 Å². The summed E-state index contributed by atoms with van der Waals surface area (Å²) in [5, 5.41) is 0. The minimum absolute atomic E-state index is 0.148. The third-order valence-electron chi connectivity index (χ3n) is 7.25. The lowest BCUT2D eigenvalue weighted by Gasteiger charge is -2.37. The monoisotopic (exact) mass is 413 g/mol. The van der Waals surface area contributed by atoms with Crippen LogP contribution in [-0.4, -0.2) is 24.1 Å². The zero-order valence-electron chi connectivity index (χ0n) is 16.5. The first-order valence-corrected chi connectivity index (χ1v) is 10.5. The van der Waals surface area contributed by atoms with Crippen LogP contribution < -0.4 is 9.64 Å². The van der Waals surface area contributed by atoms with Crippen molar-refractivity contribution in [1.29, 1.82) is 0 Å². The van der Waals surface area contributed by atoms with E-state index in [4.69, 9.17) is 4.74 Å². The topological polar surface area (TPSA) is 80.8 Å². The summed E-state index contributed by atoms with van der Waals surface area (Å²) in [6.45, 7) is 0. The summed E-state index contributed by atoms with van der Waals surface area (Å²) in [7, 11) is 0. The average Bonchev–Trinajstić information content (AvgIpc) is 3.57. The summed E-state index contributed by atoms with van der Waals surface area (Å²) in [6, 6.07) is 12.8. The molecule has 0 spiro atoms. The first-order valence-electron chi connectivity index (χ1n) is 10.5. The maximum absolute atomic E-state index is 13.3. The maximum Gasteiger partial charge on any atom is 0.343 e. The van der Waals surface area contributed by atoms with Gasteiger partial charge in [-0.25, -0.2) is 9.69 Å². The maximum atomic E-state index is 13.3. The lowest BCUT2D eigenvalue weighted by atomic mass is 9.63. The Morgan fingerprint density at radius 1 is 0.935 bits per heavy atom. The first kappa shape index (κ1) is 18.2. The summed E-state index contributed by atoms with van der Waals surface area (Å²) >= 11 is 0. The van der Waals surface area contributed by atoms with Gasteiger partial charge in [0.05, 0.1) is 28.7 Å². The number of imide groups is 1. The molecule has 3 fully saturated rings. The normalized spacial score (nSPS) is 31.9. The molecule has 6 heteroatoms. The third-order valence-corrected chi connectivity index (χ3v) is 7.25. The molecule has 5 aliphatic rings. The van der Waals surface area contributed by atoms with Crippen molar-refractivity contribution in [3.05, 3.63) is 71.8 Å². The highest BCUT2D eigenvalue weighted by Crippen LogP contribution is 2.65. The van der Waals surface area contributed by atoms with E-state index in [1.807, 2.05) is 0 Å². The molecule has 2 aromatic rings. The molecular formula is C25H19NO5. The van der Waals surface area contributed by atoms with Crippen LogP contribution in [-0.2, 0) is 9.59 Å². The van der Waals surface area contributed by atoms with E-state index in [0.29, 0.717) is 23.8 Å². The molecule has 0 unspecified atom stereocenters. The Hall–Kier alpha value is -3.54. The van der Waals surface area contributed by atoms with E-state index in [1.165, 1.54) is 17.0 Å². The molecule has 2 amide bonds. The molecule has 6 atom stereocenters. The van der Waals surface area contributed by atoms with Crippen LogP contribution in [0, 0.1) is 35.5 Å². The number of carbonyl (C=O) groups is 4. The molecule has 2 saturated carbocycles. The number of para-hydroxylation sites is 1. The molecule has 154 valence electrons. The summed E-state index contributed by atoms with van der Waals surface area (Å²) in [5.74, 6) is -0.0522. The molecule has 1 heterocycles. The van der Waals surface area contributed by atoms with E-state index in [9.17, 15) is 19.2 Å². The van der Waals surface area contributed by atoms with E-state index < -0.39 is 5.97 Å². The fourth-order valence-electron chi connectivity index (χ4n) is 5.81. The lowest BCUT2D eigenvalue weighted by Crippen LogP contribution is -2.40. The van der Waals surface area contributed by atoms with Crippen molar-refractivity contribution in [3.8, 4) is 5.75 Å². The summed E-state index contributed by atoms with van der Waals surface area (Å²) in [6.07, 6.45) is 5.99. The van der Waals surface area contributed by atoms with Gasteiger partial charge in [-0.05, 0) is 60.4 Å². The Bertz CT molecular complexity index is 1150. The van der Waals surface area contributed by atoms with E-state index in [1.54, 1.807) is 36.4 Å². The standard InChI is InChI=1S/C25H19NO5/c27-12-14-4-1-2-7-20(14)31-25(30)13-5-3-6-15(10-13)26-23(28)21-16-8-9-17(19-11-18(16)19)22(21)24(26)29/h1-10,12,16-19,21-22H,11H2/t16-,17-,18-,19+,21+,22+/m0/s1. The zero-order chi connectivity index (χ0) is 21.3. The van der Waals surface area contributed by atoms with Crippen molar-refractivity contribution in [2.45, 2.75) is 6.42 Å². The molecule has 4 aliphatic carbocycles. The van der Waals surface area contributed by atoms with Crippen LogP contribution in [0.25, 0.3) is 0 Å². The molecule has 6 nitrogen and oxygen atoms in total. The van der Waals surface area contributed by atoms with Gasteiger partial charge in [0.1, 0.15) is 5.75 Å². The number of anilines is 1. The average molecular weight is 413 g/mol. The zero-order valence-corrected chi connectivity index (χ0v) is 16.5.